The maximum atomic E-state index is 11.3. The Hall–Kier alpha value is -0.260. The van der Waals surface area contributed by atoms with Crippen molar-refractivity contribution in [2.24, 2.45) is 5.92 Å². The van der Waals surface area contributed by atoms with Gasteiger partial charge >= 0.3 is 5.97 Å². The molecule has 1 saturated heterocycles. The number of aliphatic carboxylic acids is 1. The highest BCUT2D eigenvalue weighted by Gasteiger charge is 2.33. The number of piperidine rings is 1. The lowest BCUT2D eigenvalue weighted by Crippen LogP contribution is -2.43. The topological polar surface area (TPSA) is 63.6 Å². The molecule has 0 bridgehead atoms. The van der Waals surface area contributed by atoms with E-state index >= 15 is 0 Å². The number of hydrogen-bond acceptors (Lipinski definition) is 4. The van der Waals surface area contributed by atoms with Crippen LogP contribution in [0.25, 0.3) is 0 Å². The van der Waals surface area contributed by atoms with Crippen LogP contribution < -0.4 is 0 Å². The van der Waals surface area contributed by atoms with Crippen molar-refractivity contribution in [2.45, 2.75) is 49.0 Å². The summed E-state index contributed by atoms with van der Waals surface area (Å²) in [5.41, 5.74) is 0. The van der Waals surface area contributed by atoms with Crippen molar-refractivity contribution in [3.63, 3.8) is 0 Å². The summed E-state index contributed by atoms with van der Waals surface area (Å²) in [6, 6.07) is 0. The van der Waals surface area contributed by atoms with E-state index in [1.807, 2.05) is 11.8 Å². The number of hydrogen-bond donors (Lipinski definition) is 1. The van der Waals surface area contributed by atoms with Crippen LogP contribution in [0.4, 0.5) is 0 Å². The minimum atomic E-state index is -0.807. The second-order valence-electron chi connectivity index (χ2n) is 5.06. The summed E-state index contributed by atoms with van der Waals surface area (Å²) < 4.78 is 0. The normalized spacial score (nSPS) is 32.5. The van der Waals surface area contributed by atoms with Gasteiger partial charge in [0.1, 0.15) is 0 Å². The van der Waals surface area contributed by atoms with Crippen LogP contribution in [0.15, 0.2) is 0 Å². The first-order valence-corrected chi connectivity index (χ1v) is 7.41. The Kier molecular flexibility index (Phi) is 4.70. The third-order valence-corrected chi connectivity index (χ3v) is 5.52. The minimum Gasteiger partial charge on any atom is -0.785 e. The van der Waals surface area contributed by atoms with Gasteiger partial charge in [0.25, 0.3) is 0 Å². The van der Waals surface area contributed by atoms with Crippen molar-refractivity contribution in [3.05, 3.63) is 5.21 Å². The van der Waals surface area contributed by atoms with E-state index in [4.69, 9.17) is 0 Å². The third-order valence-electron chi connectivity index (χ3n) is 3.75. The highest BCUT2D eigenvalue weighted by atomic mass is 32.2. The smallest absolute Gasteiger partial charge is 0.308 e. The average molecular weight is 258 g/mol. The first-order valence-electron chi connectivity index (χ1n) is 6.47. The molecular formula is C12H20NO3S-. The van der Waals surface area contributed by atoms with Crippen LogP contribution in [-0.2, 0) is 4.79 Å². The van der Waals surface area contributed by atoms with Gasteiger partial charge in [-0.15, -0.1) is 0 Å². The first kappa shape index (κ1) is 13.2. The highest BCUT2D eigenvalue weighted by Crippen LogP contribution is 2.37. The van der Waals surface area contributed by atoms with Crippen LogP contribution in [0, 0.1) is 11.1 Å². The van der Waals surface area contributed by atoms with E-state index in [-0.39, 0.29) is 11.8 Å². The standard InChI is InChI=1S/C12H20NO3S/c14-12(15)10-8-13(16)7-6-11(10)17-9-4-2-1-3-5-9/h9-11H,1-8H2,(H,14,15)/q-1. The Morgan fingerprint density at radius 3 is 2.59 bits per heavy atom. The Labute approximate surface area is 106 Å². The lowest BCUT2D eigenvalue weighted by atomic mass is 9.99. The lowest BCUT2D eigenvalue weighted by Gasteiger charge is -2.41. The van der Waals surface area contributed by atoms with E-state index in [9.17, 15) is 15.1 Å². The van der Waals surface area contributed by atoms with Gasteiger partial charge in [-0.05, 0) is 25.8 Å². The van der Waals surface area contributed by atoms with Crippen LogP contribution in [0.3, 0.4) is 0 Å². The molecule has 2 aliphatic rings. The summed E-state index contributed by atoms with van der Waals surface area (Å²) in [4.78, 5) is 11.2. The monoisotopic (exact) mass is 258 g/mol. The van der Waals surface area contributed by atoms with Crippen LogP contribution in [-0.4, -0.2) is 39.7 Å². The van der Waals surface area contributed by atoms with Gasteiger partial charge in [-0.25, -0.2) is 0 Å². The zero-order valence-electron chi connectivity index (χ0n) is 10.0. The second kappa shape index (κ2) is 6.07. The largest absolute Gasteiger partial charge is 0.785 e. The van der Waals surface area contributed by atoms with E-state index < -0.39 is 11.9 Å². The van der Waals surface area contributed by atoms with Crippen molar-refractivity contribution in [2.75, 3.05) is 13.1 Å². The number of carboxylic acid groups (broad SMARTS) is 1. The number of carboxylic acids is 1. The molecule has 2 atom stereocenters. The second-order valence-corrected chi connectivity index (χ2v) is 6.60. The van der Waals surface area contributed by atoms with Gasteiger partial charge in [-0.3, -0.25) is 4.79 Å². The molecule has 1 aliphatic carbocycles. The molecule has 1 aliphatic heterocycles. The number of carbonyl (C=O) groups is 1. The number of hydroxylamine groups is 2. The summed E-state index contributed by atoms with van der Waals surface area (Å²) in [6.45, 7) is 0.661. The minimum absolute atomic E-state index is 0.140. The van der Waals surface area contributed by atoms with Crippen LogP contribution in [0.1, 0.15) is 38.5 Å². The number of rotatable bonds is 3. The zero-order chi connectivity index (χ0) is 12.3. The Bertz CT molecular complexity index is 268. The molecule has 0 amide bonds. The molecule has 4 nitrogen and oxygen atoms in total. The van der Waals surface area contributed by atoms with Gasteiger partial charge in [0.2, 0.25) is 0 Å². The average Bonchev–Trinajstić information content (AvgIpc) is 2.32. The van der Waals surface area contributed by atoms with Gasteiger partial charge in [0, 0.05) is 17.0 Å². The van der Waals surface area contributed by atoms with Crippen LogP contribution >= 0.6 is 11.8 Å². The summed E-state index contributed by atoms with van der Waals surface area (Å²) in [5, 5.41) is 22.1. The number of nitrogens with zero attached hydrogens (tertiary/aromatic N) is 1. The summed E-state index contributed by atoms with van der Waals surface area (Å²) in [5.74, 6) is -1.29. The quantitative estimate of drug-likeness (QED) is 0.841. The van der Waals surface area contributed by atoms with E-state index in [1.54, 1.807) is 0 Å². The molecule has 0 radical (unpaired) electrons. The fourth-order valence-corrected chi connectivity index (χ4v) is 4.48. The molecule has 98 valence electrons. The third kappa shape index (κ3) is 3.60. The van der Waals surface area contributed by atoms with Crippen molar-refractivity contribution < 1.29 is 9.90 Å². The maximum Gasteiger partial charge on any atom is 0.308 e. The van der Waals surface area contributed by atoms with Crippen LogP contribution in [0.5, 0.6) is 0 Å². The van der Waals surface area contributed by atoms with E-state index in [2.05, 4.69) is 0 Å². The summed E-state index contributed by atoms with van der Waals surface area (Å²) in [6.07, 6.45) is 7.02. The fraction of sp³-hybridized carbons (Fsp3) is 0.917. The predicted molar refractivity (Wildman–Crippen MR) is 68.9 cm³/mol. The summed E-state index contributed by atoms with van der Waals surface area (Å²) in [7, 11) is 0. The lowest BCUT2D eigenvalue weighted by molar-refractivity contribution is -0.142. The van der Waals surface area contributed by atoms with Gasteiger partial charge in [-0.2, -0.15) is 11.8 Å². The Morgan fingerprint density at radius 2 is 1.94 bits per heavy atom. The SMILES string of the molecule is O=C(O)C1CN([O-])CCC1SC1CCCCC1. The fourth-order valence-electron chi connectivity index (χ4n) is 2.75. The van der Waals surface area contributed by atoms with E-state index in [0.717, 1.165) is 11.5 Å². The molecule has 0 aromatic carbocycles. The molecule has 2 unspecified atom stereocenters. The molecule has 0 spiro atoms. The molecule has 0 aromatic heterocycles. The first-order chi connectivity index (χ1) is 8.16. The van der Waals surface area contributed by atoms with E-state index in [1.165, 1.54) is 32.1 Å². The molecule has 17 heavy (non-hydrogen) atoms. The van der Waals surface area contributed by atoms with Crippen molar-refractivity contribution in [1.82, 2.24) is 5.06 Å². The molecule has 5 heteroatoms. The van der Waals surface area contributed by atoms with Gasteiger partial charge < -0.3 is 15.4 Å². The zero-order valence-corrected chi connectivity index (χ0v) is 10.8. The van der Waals surface area contributed by atoms with Crippen LogP contribution in [0.2, 0.25) is 0 Å². The molecular weight excluding hydrogens is 238 g/mol. The maximum absolute atomic E-state index is 11.3. The molecule has 0 aromatic rings. The van der Waals surface area contributed by atoms with Crippen molar-refractivity contribution in [1.29, 1.82) is 0 Å². The highest BCUT2D eigenvalue weighted by molar-refractivity contribution is 8.00. The molecule has 1 heterocycles. The summed E-state index contributed by atoms with van der Waals surface area (Å²) >= 11 is 1.83. The Morgan fingerprint density at radius 1 is 1.24 bits per heavy atom. The van der Waals surface area contributed by atoms with Gasteiger partial charge in [-0.1, -0.05) is 19.3 Å². The van der Waals surface area contributed by atoms with E-state index in [0.29, 0.717) is 11.8 Å². The molecule has 1 saturated carbocycles. The van der Waals surface area contributed by atoms with Gasteiger partial charge in [0.15, 0.2) is 0 Å². The molecule has 2 fully saturated rings. The predicted octanol–water partition coefficient (Wildman–Crippen LogP) is 2.33. The molecule has 2 rings (SSSR count). The molecule has 1 N–H and O–H groups in total. The van der Waals surface area contributed by atoms with Gasteiger partial charge in [0.05, 0.1) is 5.92 Å². The van der Waals surface area contributed by atoms with Crippen molar-refractivity contribution in [3.8, 4) is 0 Å². The van der Waals surface area contributed by atoms with Crippen molar-refractivity contribution >= 4 is 17.7 Å². The number of thioether (sulfide) groups is 1. The Balaban J connectivity index is 1.90.